The molecule has 1 unspecified atom stereocenters. The molecule has 1 fully saturated rings. The monoisotopic (exact) mass is 382 g/mol. The fourth-order valence-corrected chi connectivity index (χ4v) is 4.65. The number of amides is 1. The smallest absolute Gasteiger partial charge is 0.245 e. The number of nitrogens with zero attached hydrogens (tertiary/aromatic N) is 2. The number of rotatable bonds is 3. The zero-order chi connectivity index (χ0) is 18.2. The molecule has 0 bridgehead atoms. The lowest BCUT2D eigenvalue weighted by Gasteiger charge is -2.38. The third kappa shape index (κ3) is 3.27. The van der Waals surface area contributed by atoms with Crippen molar-refractivity contribution in [2.75, 3.05) is 18.0 Å². The van der Waals surface area contributed by atoms with Crippen LogP contribution in [0.1, 0.15) is 6.92 Å². The van der Waals surface area contributed by atoms with Crippen LogP contribution < -0.4 is 4.90 Å². The summed E-state index contributed by atoms with van der Waals surface area (Å²) in [4.78, 5) is 14.2. The Morgan fingerprint density at radius 1 is 1.08 bits per heavy atom. The number of carbonyl (C=O) groups excluding carboxylic acids is 1. The minimum atomic E-state index is -3.89. The fourth-order valence-electron chi connectivity index (χ4n) is 2.83. The van der Waals surface area contributed by atoms with E-state index in [1.54, 1.807) is 24.3 Å². The second kappa shape index (κ2) is 6.74. The molecule has 25 heavy (non-hydrogen) atoms. The molecule has 0 spiro atoms. The summed E-state index contributed by atoms with van der Waals surface area (Å²) in [6.07, 6.45) is 0. The molecule has 1 amide bonds. The molecule has 0 radical (unpaired) electrons. The van der Waals surface area contributed by atoms with Crippen molar-refractivity contribution in [1.29, 1.82) is 0 Å². The van der Waals surface area contributed by atoms with Gasteiger partial charge in [0.1, 0.15) is 11.9 Å². The molecule has 2 aromatic carbocycles. The SMILES string of the molecule is CC1C(=O)N(c2ccccc2Cl)CCN1S(=O)(=O)c1ccc(F)cc1. The molecule has 0 aromatic heterocycles. The molecule has 132 valence electrons. The molecular formula is C17H16ClFN2O3S. The lowest BCUT2D eigenvalue weighted by molar-refractivity contribution is -0.123. The van der Waals surface area contributed by atoms with Crippen LogP contribution in [0.4, 0.5) is 10.1 Å². The average Bonchev–Trinajstić information content (AvgIpc) is 2.58. The Kier molecular flexibility index (Phi) is 4.81. The number of hydrogen-bond donors (Lipinski definition) is 0. The molecular weight excluding hydrogens is 367 g/mol. The van der Waals surface area contributed by atoms with Gasteiger partial charge in [-0.15, -0.1) is 0 Å². The summed E-state index contributed by atoms with van der Waals surface area (Å²) in [5.74, 6) is -0.878. The van der Waals surface area contributed by atoms with Crippen LogP contribution >= 0.6 is 11.6 Å². The second-order valence-corrected chi connectivity index (χ2v) is 7.98. The number of sulfonamides is 1. The van der Waals surface area contributed by atoms with Crippen LogP contribution in [0.25, 0.3) is 0 Å². The quantitative estimate of drug-likeness (QED) is 0.820. The molecule has 0 N–H and O–H groups in total. The zero-order valence-corrected chi connectivity index (χ0v) is 15.0. The molecule has 0 saturated carbocycles. The Labute approximate surface area is 150 Å². The van der Waals surface area contributed by atoms with Gasteiger partial charge in [0.15, 0.2) is 0 Å². The molecule has 1 aliphatic heterocycles. The normalized spacial score (nSPS) is 19.2. The van der Waals surface area contributed by atoms with Crippen LogP contribution in [-0.4, -0.2) is 37.8 Å². The lowest BCUT2D eigenvalue weighted by Crippen LogP contribution is -2.57. The molecule has 1 saturated heterocycles. The highest BCUT2D eigenvalue weighted by Crippen LogP contribution is 2.30. The molecule has 5 nitrogen and oxygen atoms in total. The van der Waals surface area contributed by atoms with E-state index in [2.05, 4.69) is 0 Å². The predicted octanol–water partition coefficient (Wildman–Crippen LogP) is 2.91. The first-order valence-electron chi connectivity index (χ1n) is 7.65. The Morgan fingerprint density at radius 3 is 2.36 bits per heavy atom. The maximum atomic E-state index is 13.1. The van der Waals surface area contributed by atoms with Crippen LogP contribution in [0.5, 0.6) is 0 Å². The van der Waals surface area contributed by atoms with Crippen molar-refractivity contribution in [3.63, 3.8) is 0 Å². The predicted molar refractivity (Wildman–Crippen MR) is 93.6 cm³/mol. The van der Waals surface area contributed by atoms with Crippen molar-refractivity contribution < 1.29 is 17.6 Å². The number of hydrogen-bond acceptors (Lipinski definition) is 3. The summed E-state index contributed by atoms with van der Waals surface area (Å²) in [5.41, 5.74) is 0.555. The standard InChI is InChI=1S/C17H16ClFN2O3S/c1-12-17(22)20(16-5-3-2-4-15(16)18)10-11-21(12)25(23,24)14-8-6-13(19)7-9-14/h2-9,12H,10-11H2,1H3. The van der Waals surface area contributed by atoms with Gasteiger partial charge in [-0.2, -0.15) is 4.31 Å². The van der Waals surface area contributed by atoms with E-state index in [1.165, 1.54) is 24.0 Å². The molecule has 0 aliphatic carbocycles. The average molecular weight is 383 g/mol. The van der Waals surface area contributed by atoms with Crippen LogP contribution in [0, 0.1) is 5.82 Å². The highest BCUT2D eigenvalue weighted by Gasteiger charge is 2.39. The largest absolute Gasteiger partial charge is 0.308 e. The van der Waals surface area contributed by atoms with Crippen LogP contribution in [0.3, 0.4) is 0 Å². The number of carbonyl (C=O) groups is 1. The third-order valence-corrected chi connectivity index (χ3v) is 6.47. The number of para-hydroxylation sites is 1. The van der Waals surface area contributed by atoms with Gasteiger partial charge >= 0.3 is 0 Å². The second-order valence-electron chi connectivity index (χ2n) is 5.69. The highest BCUT2D eigenvalue weighted by molar-refractivity contribution is 7.89. The van der Waals surface area contributed by atoms with E-state index in [9.17, 15) is 17.6 Å². The maximum absolute atomic E-state index is 13.1. The van der Waals surface area contributed by atoms with E-state index in [-0.39, 0.29) is 23.9 Å². The van der Waals surface area contributed by atoms with Crippen molar-refractivity contribution in [1.82, 2.24) is 4.31 Å². The summed E-state index contributed by atoms with van der Waals surface area (Å²) in [5, 5.41) is 0.429. The lowest BCUT2D eigenvalue weighted by atomic mass is 10.2. The van der Waals surface area contributed by atoms with E-state index in [4.69, 9.17) is 11.6 Å². The Morgan fingerprint density at radius 2 is 1.72 bits per heavy atom. The fraction of sp³-hybridized carbons (Fsp3) is 0.235. The number of benzene rings is 2. The summed E-state index contributed by atoms with van der Waals surface area (Å²) >= 11 is 6.15. The summed E-state index contributed by atoms with van der Waals surface area (Å²) < 4.78 is 39.7. The number of halogens is 2. The van der Waals surface area contributed by atoms with Crippen molar-refractivity contribution in [2.24, 2.45) is 0 Å². The van der Waals surface area contributed by atoms with Crippen molar-refractivity contribution in [2.45, 2.75) is 17.9 Å². The molecule has 1 atom stereocenters. The summed E-state index contributed by atoms with van der Waals surface area (Å²) in [6, 6.07) is 10.6. The van der Waals surface area contributed by atoms with Gasteiger partial charge in [-0.3, -0.25) is 4.79 Å². The van der Waals surface area contributed by atoms with E-state index in [1.807, 2.05) is 0 Å². The first-order valence-corrected chi connectivity index (χ1v) is 9.47. The number of piperazine rings is 1. The van der Waals surface area contributed by atoms with Crippen LogP contribution in [0.15, 0.2) is 53.4 Å². The van der Waals surface area contributed by atoms with Gasteiger partial charge in [-0.1, -0.05) is 23.7 Å². The maximum Gasteiger partial charge on any atom is 0.245 e. The molecule has 8 heteroatoms. The van der Waals surface area contributed by atoms with E-state index in [0.29, 0.717) is 10.7 Å². The van der Waals surface area contributed by atoms with Crippen LogP contribution in [0.2, 0.25) is 5.02 Å². The van der Waals surface area contributed by atoms with E-state index in [0.717, 1.165) is 16.4 Å². The first kappa shape index (κ1) is 17.8. The van der Waals surface area contributed by atoms with E-state index >= 15 is 0 Å². The van der Waals surface area contributed by atoms with Gasteiger partial charge in [-0.05, 0) is 43.3 Å². The minimum Gasteiger partial charge on any atom is -0.308 e. The minimum absolute atomic E-state index is 0.0419. The van der Waals surface area contributed by atoms with Gasteiger partial charge in [0.25, 0.3) is 0 Å². The summed E-state index contributed by atoms with van der Waals surface area (Å²) in [7, 11) is -3.89. The van der Waals surface area contributed by atoms with E-state index < -0.39 is 21.9 Å². The summed E-state index contributed by atoms with van der Waals surface area (Å²) in [6.45, 7) is 1.84. The Bertz CT molecular complexity index is 902. The van der Waals surface area contributed by atoms with Gasteiger partial charge < -0.3 is 4.90 Å². The topological polar surface area (TPSA) is 57.7 Å². The Hall–Kier alpha value is -1.96. The molecule has 2 aromatic rings. The third-order valence-electron chi connectivity index (χ3n) is 4.16. The van der Waals surface area contributed by atoms with Crippen LogP contribution in [-0.2, 0) is 14.8 Å². The van der Waals surface area contributed by atoms with Gasteiger partial charge in [-0.25, -0.2) is 12.8 Å². The van der Waals surface area contributed by atoms with Crippen molar-refractivity contribution in [3.05, 3.63) is 59.4 Å². The van der Waals surface area contributed by atoms with Gasteiger partial charge in [0.05, 0.1) is 15.6 Å². The van der Waals surface area contributed by atoms with Crippen molar-refractivity contribution in [3.8, 4) is 0 Å². The van der Waals surface area contributed by atoms with Gasteiger partial charge in [0.2, 0.25) is 15.9 Å². The highest BCUT2D eigenvalue weighted by atomic mass is 35.5. The number of anilines is 1. The Balaban J connectivity index is 1.89. The van der Waals surface area contributed by atoms with Crippen molar-refractivity contribution >= 4 is 33.2 Å². The molecule has 3 rings (SSSR count). The molecule has 1 heterocycles. The zero-order valence-electron chi connectivity index (χ0n) is 13.4. The first-order chi connectivity index (χ1) is 11.8. The van der Waals surface area contributed by atoms with Gasteiger partial charge in [0, 0.05) is 13.1 Å². The molecule has 1 aliphatic rings.